The van der Waals surface area contributed by atoms with Gasteiger partial charge >= 0.3 is 6.01 Å². The number of aromatic nitrogens is 4. The minimum Gasteiger partial charge on any atom is -0.401 e. The highest BCUT2D eigenvalue weighted by Gasteiger charge is 2.12. The lowest BCUT2D eigenvalue weighted by Crippen LogP contribution is -2.11. The minimum atomic E-state index is -0.118. The van der Waals surface area contributed by atoms with Crippen LogP contribution in [0.15, 0.2) is 16.7 Å². The summed E-state index contributed by atoms with van der Waals surface area (Å²) in [6, 6.07) is 1.87. The number of amides is 1. The van der Waals surface area contributed by atoms with E-state index in [2.05, 4.69) is 20.6 Å². The molecule has 0 unspecified atom stereocenters. The zero-order chi connectivity index (χ0) is 13.0. The van der Waals surface area contributed by atoms with Crippen LogP contribution in [0.3, 0.4) is 0 Å². The predicted octanol–water partition coefficient (Wildman–Crippen LogP) is 1.60. The Morgan fingerprint density at radius 1 is 1.50 bits per heavy atom. The van der Waals surface area contributed by atoms with Crippen LogP contribution in [0.5, 0.6) is 0 Å². The van der Waals surface area contributed by atoms with E-state index in [1.54, 1.807) is 24.0 Å². The van der Waals surface area contributed by atoms with Gasteiger partial charge in [-0.3, -0.25) is 14.8 Å². The average molecular weight is 249 g/mol. The first-order chi connectivity index (χ1) is 8.69. The highest BCUT2D eigenvalue weighted by Crippen LogP contribution is 2.17. The van der Waals surface area contributed by atoms with Crippen molar-refractivity contribution in [2.24, 2.45) is 7.05 Å². The quantitative estimate of drug-likeness (QED) is 0.869. The molecule has 0 atom stereocenters. The molecule has 0 aliphatic carbocycles. The Morgan fingerprint density at radius 3 is 3.00 bits per heavy atom. The van der Waals surface area contributed by atoms with Gasteiger partial charge in [0.1, 0.15) is 5.69 Å². The summed E-state index contributed by atoms with van der Waals surface area (Å²) < 4.78 is 6.94. The van der Waals surface area contributed by atoms with Crippen molar-refractivity contribution in [2.75, 3.05) is 5.32 Å². The average Bonchev–Trinajstić information content (AvgIpc) is 2.95. The molecule has 0 saturated carbocycles. The fourth-order valence-electron chi connectivity index (χ4n) is 1.43. The molecule has 2 heterocycles. The van der Waals surface area contributed by atoms with Crippen LogP contribution in [0, 0.1) is 0 Å². The van der Waals surface area contributed by atoms with Crippen molar-refractivity contribution < 1.29 is 9.21 Å². The molecular weight excluding hydrogens is 234 g/mol. The van der Waals surface area contributed by atoms with E-state index in [4.69, 9.17) is 4.42 Å². The zero-order valence-corrected chi connectivity index (χ0v) is 10.4. The van der Waals surface area contributed by atoms with Gasteiger partial charge in [-0.1, -0.05) is 18.4 Å². The summed E-state index contributed by atoms with van der Waals surface area (Å²) in [4.78, 5) is 11.5. The summed E-state index contributed by atoms with van der Waals surface area (Å²) in [6.07, 6.45) is 4.04. The second-order valence-corrected chi connectivity index (χ2v) is 3.94. The van der Waals surface area contributed by atoms with Gasteiger partial charge in [0.05, 0.1) is 0 Å². The largest absolute Gasteiger partial charge is 0.401 e. The molecule has 0 bridgehead atoms. The van der Waals surface area contributed by atoms with Gasteiger partial charge in [0.25, 0.3) is 5.89 Å². The zero-order valence-electron chi connectivity index (χ0n) is 10.4. The van der Waals surface area contributed by atoms with E-state index in [1.807, 2.05) is 6.92 Å². The molecule has 0 aliphatic heterocycles. The van der Waals surface area contributed by atoms with Crippen molar-refractivity contribution in [3.63, 3.8) is 0 Å². The maximum atomic E-state index is 11.5. The Hall–Kier alpha value is -2.18. The number of carbonyl (C=O) groups is 1. The standard InChI is InChI=1S/C11H15N5O2/c1-3-4-5-9(17)12-11-14-13-10(18-11)8-6-7-16(2)15-8/h6-7H,3-5H2,1-2H3,(H,12,14,17). The van der Waals surface area contributed by atoms with Crippen LogP contribution in [-0.4, -0.2) is 25.9 Å². The molecule has 18 heavy (non-hydrogen) atoms. The van der Waals surface area contributed by atoms with Gasteiger partial charge in [0.2, 0.25) is 5.91 Å². The van der Waals surface area contributed by atoms with Crippen LogP contribution in [-0.2, 0) is 11.8 Å². The summed E-state index contributed by atoms with van der Waals surface area (Å²) in [5.74, 6) is 0.175. The van der Waals surface area contributed by atoms with Crippen LogP contribution < -0.4 is 5.32 Å². The third-order valence-corrected chi connectivity index (χ3v) is 2.36. The Morgan fingerprint density at radius 2 is 2.33 bits per heavy atom. The van der Waals surface area contributed by atoms with E-state index in [0.29, 0.717) is 18.0 Å². The van der Waals surface area contributed by atoms with Gasteiger partial charge in [-0.15, -0.1) is 5.10 Å². The molecule has 0 radical (unpaired) electrons. The van der Waals surface area contributed by atoms with Crippen molar-refractivity contribution in [3.05, 3.63) is 12.3 Å². The van der Waals surface area contributed by atoms with Gasteiger partial charge in [-0.2, -0.15) is 5.10 Å². The van der Waals surface area contributed by atoms with Crippen molar-refractivity contribution in [3.8, 4) is 11.6 Å². The molecule has 0 spiro atoms. The Labute approximate surface area is 104 Å². The SMILES string of the molecule is CCCCC(=O)Nc1nnc(-c2ccn(C)n2)o1. The topological polar surface area (TPSA) is 85.8 Å². The summed E-state index contributed by atoms with van der Waals surface area (Å²) >= 11 is 0. The molecule has 1 N–H and O–H groups in total. The van der Waals surface area contributed by atoms with Crippen LogP contribution >= 0.6 is 0 Å². The lowest BCUT2D eigenvalue weighted by atomic mass is 10.2. The smallest absolute Gasteiger partial charge is 0.322 e. The predicted molar refractivity (Wildman–Crippen MR) is 64.7 cm³/mol. The molecule has 0 fully saturated rings. The number of hydrogen-bond acceptors (Lipinski definition) is 5. The fraction of sp³-hybridized carbons (Fsp3) is 0.455. The number of rotatable bonds is 5. The maximum Gasteiger partial charge on any atom is 0.322 e. The second kappa shape index (κ2) is 5.44. The van der Waals surface area contributed by atoms with Crippen LogP contribution in [0.1, 0.15) is 26.2 Å². The van der Waals surface area contributed by atoms with E-state index in [0.717, 1.165) is 12.8 Å². The lowest BCUT2D eigenvalue weighted by molar-refractivity contribution is -0.116. The Kier molecular flexibility index (Phi) is 3.71. The first-order valence-electron chi connectivity index (χ1n) is 5.82. The Bertz CT molecular complexity index is 531. The van der Waals surface area contributed by atoms with Gasteiger partial charge in [0, 0.05) is 19.7 Å². The number of unbranched alkanes of at least 4 members (excludes halogenated alkanes) is 1. The first-order valence-corrected chi connectivity index (χ1v) is 5.82. The molecule has 2 aromatic heterocycles. The summed E-state index contributed by atoms with van der Waals surface area (Å²) in [7, 11) is 1.80. The molecular formula is C11H15N5O2. The molecule has 0 aliphatic rings. The number of hydrogen-bond donors (Lipinski definition) is 1. The van der Waals surface area contributed by atoms with Gasteiger partial charge in [0.15, 0.2) is 0 Å². The van der Waals surface area contributed by atoms with Crippen molar-refractivity contribution in [1.82, 2.24) is 20.0 Å². The highest BCUT2D eigenvalue weighted by atomic mass is 16.4. The molecule has 0 saturated heterocycles. The van der Waals surface area contributed by atoms with E-state index >= 15 is 0 Å². The molecule has 2 aromatic rings. The van der Waals surface area contributed by atoms with Crippen molar-refractivity contribution in [2.45, 2.75) is 26.2 Å². The van der Waals surface area contributed by atoms with E-state index < -0.39 is 0 Å². The molecule has 7 heteroatoms. The number of aryl methyl sites for hydroxylation is 1. The third-order valence-electron chi connectivity index (χ3n) is 2.36. The summed E-state index contributed by atoms with van der Waals surface area (Å²) in [5, 5.41) is 14.3. The highest BCUT2D eigenvalue weighted by molar-refractivity contribution is 5.88. The van der Waals surface area contributed by atoms with E-state index in [-0.39, 0.29) is 11.9 Å². The second-order valence-electron chi connectivity index (χ2n) is 3.94. The molecule has 1 amide bonds. The molecule has 2 rings (SSSR count). The molecule has 7 nitrogen and oxygen atoms in total. The van der Waals surface area contributed by atoms with Crippen LogP contribution in [0.25, 0.3) is 11.6 Å². The Balaban J connectivity index is 2.00. The minimum absolute atomic E-state index is 0.108. The van der Waals surface area contributed by atoms with Gasteiger partial charge < -0.3 is 4.42 Å². The maximum absolute atomic E-state index is 11.5. The van der Waals surface area contributed by atoms with E-state index in [9.17, 15) is 4.79 Å². The summed E-state index contributed by atoms with van der Waals surface area (Å²) in [5.41, 5.74) is 0.582. The third kappa shape index (κ3) is 2.93. The molecule has 0 aromatic carbocycles. The van der Waals surface area contributed by atoms with Crippen molar-refractivity contribution >= 4 is 11.9 Å². The number of nitrogens with one attached hydrogen (secondary N) is 1. The van der Waals surface area contributed by atoms with E-state index in [1.165, 1.54) is 0 Å². The van der Waals surface area contributed by atoms with Gasteiger partial charge in [-0.05, 0) is 12.5 Å². The lowest BCUT2D eigenvalue weighted by Gasteiger charge is -1.97. The van der Waals surface area contributed by atoms with Gasteiger partial charge in [-0.25, -0.2) is 0 Å². The number of carbonyl (C=O) groups excluding carboxylic acids is 1. The first kappa shape index (κ1) is 12.3. The number of nitrogens with zero attached hydrogens (tertiary/aromatic N) is 4. The normalized spacial score (nSPS) is 10.6. The fourth-order valence-corrected chi connectivity index (χ4v) is 1.43. The van der Waals surface area contributed by atoms with Crippen molar-refractivity contribution in [1.29, 1.82) is 0 Å². The summed E-state index contributed by atoms with van der Waals surface area (Å²) in [6.45, 7) is 2.03. The number of anilines is 1. The van der Waals surface area contributed by atoms with Crippen LogP contribution in [0.2, 0.25) is 0 Å². The monoisotopic (exact) mass is 249 g/mol. The molecule has 96 valence electrons. The van der Waals surface area contributed by atoms with Crippen LogP contribution in [0.4, 0.5) is 6.01 Å².